The first-order valence-corrected chi connectivity index (χ1v) is 37.8. The summed E-state index contributed by atoms with van der Waals surface area (Å²) in [6.45, 7) is 11.7. The predicted octanol–water partition coefficient (Wildman–Crippen LogP) is 18.7. The van der Waals surface area contributed by atoms with E-state index in [0.29, 0.717) is 31.6 Å². The topological polar surface area (TPSA) is 237 Å². The molecule has 2 unspecified atom stereocenters. The van der Waals surface area contributed by atoms with Crippen molar-refractivity contribution in [3.63, 3.8) is 0 Å². The smallest absolute Gasteiger partial charge is 0.462 e. The van der Waals surface area contributed by atoms with Gasteiger partial charge in [0.05, 0.1) is 26.4 Å². The molecule has 0 fully saturated rings. The second-order valence-electron chi connectivity index (χ2n) is 25.6. The SMILES string of the molecule is CCCCCCCCCCC(=O)OC[C@H](COP(=O)(O)OC[C@H](O)COP(=O)(O)OC[C@@H](COC(=O)CCCCCCCCCCCCC(C)C)OC(=O)CCCCCCCCCCCCCCC(C)C)OC(=O)CCCCCCCCCC(C)C. The van der Waals surface area contributed by atoms with E-state index in [1.807, 2.05) is 0 Å². The maximum absolute atomic E-state index is 13.0. The first kappa shape index (κ1) is 84.1. The van der Waals surface area contributed by atoms with Gasteiger partial charge in [0.15, 0.2) is 12.2 Å². The third-order valence-electron chi connectivity index (χ3n) is 15.4. The van der Waals surface area contributed by atoms with Crippen LogP contribution in [0.5, 0.6) is 0 Å². The Morgan fingerprint density at radius 3 is 0.791 bits per heavy atom. The van der Waals surface area contributed by atoms with E-state index in [4.69, 9.17) is 37.0 Å². The highest BCUT2D eigenvalue weighted by atomic mass is 31.2. The van der Waals surface area contributed by atoms with Crippen LogP contribution in [0.3, 0.4) is 0 Å². The first-order chi connectivity index (χ1) is 41.2. The number of aliphatic hydroxyl groups is 1. The number of carbonyl (C=O) groups is 4. The molecule has 17 nitrogen and oxygen atoms in total. The Morgan fingerprint density at radius 2 is 0.535 bits per heavy atom. The van der Waals surface area contributed by atoms with E-state index in [1.54, 1.807) is 0 Å². The Hall–Kier alpha value is -1.94. The number of esters is 4. The summed E-state index contributed by atoms with van der Waals surface area (Å²) in [5, 5.41) is 10.6. The number of phosphoric ester groups is 2. The lowest BCUT2D eigenvalue weighted by Gasteiger charge is -2.21. The lowest BCUT2D eigenvalue weighted by atomic mass is 10.0. The largest absolute Gasteiger partial charge is 0.472 e. The number of aliphatic hydroxyl groups excluding tert-OH is 1. The third kappa shape index (κ3) is 60.9. The van der Waals surface area contributed by atoms with E-state index in [-0.39, 0.29) is 25.7 Å². The molecule has 0 aromatic rings. The van der Waals surface area contributed by atoms with Gasteiger partial charge >= 0.3 is 39.5 Å². The van der Waals surface area contributed by atoms with Gasteiger partial charge in [0.1, 0.15) is 19.3 Å². The number of hydrogen-bond acceptors (Lipinski definition) is 15. The Kier molecular flexibility index (Phi) is 56.9. The van der Waals surface area contributed by atoms with Crippen molar-refractivity contribution >= 4 is 39.5 Å². The van der Waals surface area contributed by atoms with E-state index in [2.05, 4.69) is 48.5 Å². The molecule has 0 bridgehead atoms. The van der Waals surface area contributed by atoms with Gasteiger partial charge in [0.25, 0.3) is 0 Å². The van der Waals surface area contributed by atoms with Crippen LogP contribution in [-0.4, -0.2) is 96.7 Å². The predicted molar refractivity (Wildman–Crippen MR) is 344 cm³/mol. The second kappa shape index (κ2) is 58.2. The average Bonchev–Trinajstić information content (AvgIpc) is 3.47. The zero-order valence-electron chi connectivity index (χ0n) is 55.8. The molecule has 86 heavy (non-hydrogen) atoms. The summed E-state index contributed by atoms with van der Waals surface area (Å²) >= 11 is 0. The number of phosphoric acid groups is 2. The summed E-state index contributed by atoms with van der Waals surface area (Å²) in [6.07, 6.45) is 40.4. The molecular formula is C67H130O17P2. The van der Waals surface area contributed by atoms with Gasteiger partial charge in [-0.1, -0.05) is 280 Å². The molecule has 0 aromatic heterocycles. The molecule has 0 rings (SSSR count). The van der Waals surface area contributed by atoms with Gasteiger partial charge in [-0.15, -0.1) is 0 Å². The zero-order chi connectivity index (χ0) is 63.8. The monoisotopic (exact) mass is 1270 g/mol. The van der Waals surface area contributed by atoms with Crippen LogP contribution in [0, 0.1) is 17.8 Å². The van der Waals surface area contributed by atoms with E-state index in [9.17, 15) is 43.2 Å². The summed E-state index contributed by atoms with van der Waals surface area (Å²) in [5.74, 6) is 0.0965. The fraction of sp³-hybridized carbons (Fsp3) is 0.940. The van der Waals surface area contributed by atoms with Crippen molar-refractivity contribution in [3.05, 3.63) is 0 Å². The summed E-state index contributed by atoms with van der Waals surface area (Å²) in [7, 11) is -9.89. The molecule has 0 spiro atoms. The minimum Gasteiger partial charge on any atom is -0.462 e. The summed E-state index contributed by atoms with van der Waals surface area (Å²) in [6, 6.07) is 0. The van der Waals surface area contributed by atoms with Crippen molar-refractivity contribution in [2.45, 2.75) is 349 Å². The molecule has 0 amide bonds. The molecule has 3 N–H and O–H groups in total. The summed E-state index contributed by atoms with van der Waals surface area (Å²) < 4.78 is 68.1. The standard InChI is InChI=1S/C67H130O17P2/c1-8-9-10-11-12-27-34-41-48-64(69)77-54-63(84-67(72)51-44-37-30-23-26-33-40-47-60(6)7)57-82-86(75,76)80-53-61(68)52-79-85(73,74)81-56-62(55-78-65(70)49-42-35-28-21-18-17-20-25-32-39-46-59(4)5)83-66(71)50-43-36-29-22-16-14-13-15-19-24-31-38-45-58(2)3/h58-63,68H,8-57H2,1-7H3,(H,73,74)(H,75,76)/t61-,62-,63-/m1/s1. The molecular weight excluding hydrogens is 1140 g/mol. The normalized spacial score (nSPS) is 14.3. The van der Waals surface area contributed by atoms with Crippen molar-refractivity contribution in [2.75, 3.05) is 39.6 Å². The van der Waals surface area contributed by atoms with Crippen LogP contribution in [0.25, 0.3) is 0 Å². The maximum atomic E-state index is 13.0. The average molecular weight is 1270 g/mol. The second-order valence-corrected chi connectivity index (χ2v) is 28.5. The van der Waals surface area contributed by atoms with Crippen LogP contribution in [0.15, 0.2) is 0 Å². The molecule has 0 heterocycles. The number of hydrogen-bond donors (Lipinski definition) is 3. The fourth-order valence-electron chi connectivity index (χ4n) is 10.0. The molecule has 5 atom stereocenters. The fourth-order valence-corrected chi connectivity index (χ4v) is 11.6. The Bertz CT molecular complexity index is 1700. The molecule has 0 saturated carbocycles. The molecule has 0 aliphatic rings. The Labute approximate surface area is 524 Å². The molecule has 0 aliphatic carbocycles. The van der Waals surface area contributed by atoms with Crippen LogP contribution in [-0.2, 0) is 65.4 Å². The first-order valence-electron chi connectivity index (χ1n) is 34.8. The van der Waals surface area contributed by atoms with Crippen LogP contribution < -0.4 is 0 Å². The van der Waals surface area contributed by atoms with Gasteiger partial charge in [-0.05, 0) is 43.4 Å². The number of carbonyl (C=O) groups excluding carboxylic acids is 4. The van der Waals surface area contributed by atoms with Crippen LogP contribution in [0.4, 0.5) is 0 Å². The van der Waals surface area contributed by atoms with Gasteiger partial charge in [0.2, 0.25) is 0 Å². The van der Waals surface area contributed by atoms with Crippen molar-refractivity contribution in [1.29, 1.82) is 0 Å². The summed E-state index contributed by atoms with van der Waals surface area (Å²) in [4.78, 5) is 72.3. The highest BCUT2D eigenvalue weighted by Crippen LogP contribution is 2.45. The zero-order valence-corrected chi connectivity index (χ0v) is 57.6. The Balaban J connectivity index is 5.23. The highest BCUT2D eigenvalue weighted by Gasteiger charge is 2.30. The minimum absolute atomic E-state index is 0.103. The van der Waals surface area contributed by atoms with Crippen molar-refractivity contribution in [2.24, 2.45) is 17.8 Å². The van der Waals surface area contributed by atoms with Crippen LogP contribution in [0.2, 0.25) is 0 Å². The van der Waals surface area contributed by atoms with Crippen LogP contribution >= 0.6 is 15.6 Å². The third-order valence-corrected chi connectivity index (χ3v) is 17.3. The van der Waals surface area contributed by atoms with Gasteiger partial charge in [0, 0.05) is 25.7 Å². The number of ether oxygens (including phenoxy) is 4. The van der Waals surface area contributed by atoms with Gasteiger partial charge in [-0.3, -0.25) is 37.3 Å². The van der Waals surface area contributed by atoms with E-state index < -0.39 is 97.5 Å². The van der Waals surface area contributed by atoms with E-state index in [0.717, 1.165) is 108 Å². The molecule has 510 valence electrons. The van der Waals surface area contributed by atoms with Gasteiger partial charge in [-0.2, -0.15) is 0 Å². The quantitative estimate of drug-likeness (QED) is 0.0222. The van der Waals surface area contributed by atoms with Crippen molar-refractivity contribution in [3.8, 4) is 0 Å². The van der Waals surface area contributed by atoms with Crippen molar-refractivity contribution < 1.29 is 80.2 Å². The lowest BCUT2D eigenvalue weighted by Crippen LogP contribution is -2.30. The van der Waals surface area contributed by atoms with Gasteiger partial charge < -0.3 is 33.8 Å². The molecule has 0 aliphatic heterocycles. The minimum atomic E-state index is -4.95. The number of unbranched alkanes of at least 4 members (excludes halogenated alkanes) is 33. The van der Waals surface area contributed by atoms with E-state index in [1.165, 1.54) is 135 Å². The lowest BCUT2D eigenvalue weighted by molar-refractivity contribution is -0.161. The van der Waals surface area contributed by atoms with E-state index >= 15 is 0 Å². The molecule has 0 radical (unpaired) electrons. The number of rotatable bonds is 65. The van der Waals surface area contributed by atoms with Crippen LogP contribution in [0.1, 0.15) is 331 Å². The molecule has 0 aromatic carbocycles. The summed E-state index contributed by atoms with van der Waals surface area (Å²) in [5.41, 5.74) is 0. The maximum Gasteiger partial charge on any atom is 0.472 e. The molecule has 19 heteroatoms. The molecule has 0 saturated heterocycles. The van der Waals surface area contributed by atoms with Crippen molar-refractivity contribution in [1.82, 2.24) is 0 Å². The highest BCUT2D eigenvalue weighted by molar-refractivity contribution is 7.47. The van der Waals surface area contributed by atoms with Gasteiger partial charge in [-0.25, -0.2) is 9.13 Å². The Morgan fingerprint density at radius 1 is 0.314 bits per heavy atom.